The molecule has 126 valence electrons. The van der Waals surface area contributed by atoms with E-state index >= 15 is 0 Å². The summed E-state index contributed by atoms with van der Waals surface area (Å²) in [7, 11) is 1.68. The first-order valence-corrected chi connectivity index (χ1v) is 7.20. The third kappa shape index (κ3) is 7.40. The number of benzene rings is 1. The number of nitrogens with zero attached hydrogens (tertiary/aromatic N) is 1. The van der Waals surface area contributed by atoms with Crippen LogP contribution >= 0.6 is 24.0 Å². The van der Waals surface area contributed by atoms with E-state index in [1.54, 1.807) is 20.1 Å². The van der Waals surface area contributed by atoms with Crippen LogP contribution in [0.5, 0.6) is 0 Å². The number of hydrogen-bond donors (Lipinski definition) is 2. The van der Waals surface area contributed by atoms with Crippen LogP contribution in [0.15, 0.2) is 23.2 Å². The second-order valence-corrected chi connectivity index (χ2v) is 5.60. The minimum Gasteiger partial charge on any atom is -0.377 e. The molecule has 0 fully saturated rings. The van der Waals surface area contributed by atoms with Crippen molar-refractivity contribution < 1.29 is 9.13 Å². The van der Waals surface area contributed by atoms with Crippen molar-refractivity contribution >= 4 is 29.9 Å². The van der Waals surface area contributed by atoms with Gasteiger partial charge in [0.1, 0.15) is 5.82 Å². The summed E-state index contributed by atoms with van der Waals surface area (Å²) in [6, 6.07) is 5.20. The topological polar surface area (TPSA) is 45.7 Å². The summed E-state index contributed by atoms with van der Waals surface area (Å²) in [5.74, 6) is 0.504. The maximum absolute atomic E-state index is 13.5. The Kier molecular flexibility index (Phi) is 9.59. The molecular formula is C16H27FIN3O. The number of hydrogen-bond acceptors (Lipinski definition) is 2. The highest BCUT2D eigenvalue weighted by Crippen LogP contribution is 2.10. The van der Waals surface area contributed by atoms with Crippen molar-refractivity contribution in [3.8, 4) is 0 Å². The number of halogens is 2. The Labute approximate surface area is 149 Å². The summed E-state index contributed by atoms with van der Waals surface area (Å²) >= 11 is 0. The molecule has 1 rings (SSSR count). The molecule has 0 aliphatic heterocycles. The van der Waals surface area contributed by atoms with E-state index in [4.69, 9.17) is 4.74 Å². The molecule has 0 saturated heterocycles. The van der Waals surface area contributed by atoms with Gasteiger partial charge in [-0.2, -0.15) is 0 Å². The van der Waals surface area contributed by atoms with Crippen LogP contribution in [-0.2, 0) is 11.3 Å². The molecule has 22 heavy (non-hydrogen) atoms. The Morgan fingerprint density at radius 2 is 2.00 bits per heavy atom. The Hall–Kier alpha value is -0.890. The first-order valence-electron chi connectivity index (χ1n) is 7.20. The summed E-state index contributed by atoms with van der Waals surface area (Å²) in [6.45, 7) is 9.59. The van der Waals surface area contributed by atoms with Crippen LogP contribution in [0, 0.1) is 12.7 Å². The van der Waals surface area contributed by atoms with E-state index in [-0.39, 0.29) is 35.4 Å². The molecule has 0 spiro atoms. The number of rotatable bonds is 6. The van der Waals surface area contributed by atoms with Crippen LogP contribution < -0.4 is 10.6 Å². The number of ether oxygens (including phenoxy) is 1. The lowest BCUT2D eigenvalue weighted by molar-refractivity contribution is 0.0268. The predicted molar refractivity (Wildman–Crippen MR) is 100 cm³/mol. The van der Waals surface area contributed by atoms with Gasteiger partial charge in [-0.15, -0.1) is 24.0 Å². The molecule has 0 bridgehead atoms. The van der Waals surface area contributed by atoms with E-state index in [0.717, 1.165) is 12.1 Å². The monoisotopic (exact) mass is 423 g/mol. The van der Waals surface area contributed by atoms with Crippen molar-refractivity contribution in [2.75, 3.05) is 20.2 Å². The quantitative estimate of drug-likeness (QED) is 0.420. The van der Waals surface area contributed by atoms with Crippen LogP contribution in [0.2, 0.25) is 0 Å². The molecule has 0 atom stereocenters. The molecule has 4 nitrogen and oxygen atoms in total. The van der Waals surface area contributed by atoms with Crippen LogP contribution in [0.4, 0.5) is 4.39 Å². The maximum atomic E-state index is 13.5. The Balaban J connectivity index is 0.00000441. The summed E-state index contributed by atoms with van der Waals surface area (Å²) < 4.78 is 18.9. The lowest BCUT2D eigenvalue weighted by Gasteiger charge is -2.24. The van der Waals surface area contributed by atoms with Gasteiger partial charge in [-0.1, -0.05) is 12.1 Å². The maximum Gasteiger partial charge on any atom is 0.191 e. The molecule has 0 aliphatic rings. The van der Waals surface area contributed by atoms with Gasteiger partial charge in [-0.05, 0) is 44.9 Å². The molecule has 0 aliphatic carbocycles. The van der Waals surface area contributed by atoms with Crippen LogP contribution in [0.25, 0.3) is 0 Å². The predicted octanol–water partition coefficient (Wildman–Crippen LogP) is 3.23. The summed E-state index contributed by atoms with van der Waals surface area (Å²) in [6.07, 6.45) is 0. The van der Waals surface area contributed by atoms with Crippen molar-refractivity contribution in [1.82, 2.24) is 10.6 Å². The molecule has 1 aromatic rings. The van der Waals surface area contributed by atoms with E-state index in [1.807, 2.05) is 26.8 Å². The number of guanidine groups is 1. The molecule has 0 saturated carbocycles. The first kappa shape index (κ1) is 21.1. The fraction of sp³-hybridized carbons (Fsp3) is 0.562. The Morgan fingerprint density at radius 3 is 2.55 bits per heavy atom. The standard InChI is InChI=1S/C16H26FN3O.HI/c1-6-18-15(20-11-16(3,4)21-5)19-10-13-8-7-12(2)14(17)9-13;/h7-9H,6,10-11H2,1-5H3,(H2,18,19,20);1H. The van der Waals surface area contributed by atoms with Crippen molar-refractivity contribution in [2.24, 2.45) is 4.99 Å². The summed E-state index contributed by atoms with van der Waals surface area (Å²) in [5, 5.41) is 6.39. The van der Waals surface area contributed by atoms with Crippen LogP contribution in [0.1, 0.15) is 31.9 Å². The average Bonchev–Trinajstić information content (AvgIpc) is 2.45. The smallest absolute Gasteiger partial charge is 0.191 e. The van der Waals surface area contributed by atoms with Crippen molar-refractivity contribution in [2.45, 2.75) is 39.8 Å². The molecule has 0 radical (unpaired) electrons. The number of nitrogens with one attached hydrogen (secondary N) is 2. The highest BCUT2D eigenvalue weighted by molar-refractivity contribution is 14.0. The van der Waals surface area contributed by atoms with Gasteiger partial charge in [0.2, 0.25) is 0 Å². The van der Waals surface area contributed by atoms with Crippen molar-refractivity contribution in [3.05, 3.63) is 35.1 Å². The van der Waals surface area contributed by atoms with E-state index in [2.05, 4.69) is 15.6 Å². The van der Waals surface area contributed by atoms with Crippen LogP contribution in [-0.4, -0.2) is 31.8 Å². The first-order chi connectivity index (χ1) is 9.88. The van der Waals surface area contributed by atoms with Crippen molar-refractivity contribution in [1.29, 1.82) is 0 Å². The van der Waals surface area contributed by atoms with E-state index in [9.17, 15) is 4.39 Å². The largest absolute Gasteiger partial charge is 0.377 e. The second-order valence-electron chi connectivity index (χ2n) is 5.60. The van der Waals surface area contributed by atoms with Gasteiger partial charge < -0.3 is 15.4 Å². The lowest BCUT2D eigenvalue weighted by Crippen LogP contribution is -2.45. The highest BCUT2D eigenvalue weighted by Gasteiger charge is 2.16. The van der Waals surface area contributed by atoms with Gasteiger partial charge in [0.15, 0.2) is 5.96 Å². The number of methoxy groups -OCH3 is 1. The molecule has 2 N–H and O–H groups in total. The van der Waals surface area contributed by atoms with E-state index in [1.165, 1.54) is 6.07 Å². The minimum atomic E-state index is -0.272. The van der Waals surface area contributed by atoms with E-state index < -0.39 is 0 Å². The third-order valence-electron chi connectivity index (χ3n) is 3.23. The van der Waals surface area contributed by atoms with Gasteiger partial charge in [0.25, 0.3) is 0 Å². The normalized spacial score (nSPS) is 11.8. The SMILES string of the molecule is CCNC(=NCc1ccc(C)c(F)c1)NCC(C)(C)OC.I. The molecule has 0 unspecified atom stereocenters. The molecule has 0 amide bonds. The molecular weight excluding hydrogens is 396 g/mol. The fourth-order valence-corrected chi connectivity index (χ4v) is 1.62. The van der Waals surface area contributed by atoms with Gasteiger partial charge in [-0.3, -0.25) is 0 Å². The fourth-order valence-electron chi connectivity index (χ4n) is 1.62. The summed E-state index contributed by atoms with van der Waals surface area (Å²) in [4.78, 5) is 4.46. The second kappa shape index (κ2) is 9.99. The third-order valence-corrected chi connectivity index (χ3v) is 3.23. The lowest BCUT2D eigenvalue weighted by atomic mass is 10.1. The molecule has 0 aromatic heterocycles. The molecule has 0 heterocycles. The summed E-state index contributed by atoms with van der Waals surface area (Å²) in [5.41, 5.74) is 1.22. The Bertz CT molecular complexity index is 492. The van der Waals surface area contributed by atoms with Gasteiger partial charge in [-0.25, -0.2) is 9.38 Å². The zero-order valence-electron chi connectivity index (χ0n) is 14.0. The van der Waals surface area contributed by atoms with Gasteiger partial charge in [0.05, 0.1) is 12.1 Å². The van der Waals surface area contributed by atoms with E-state index in [0.29, 0.717) is 24.6 Å². The molecule has 1 aromatic carbocycles. The highest BCUT2D eigenvalue weighted by atomic mass is 127. The Morgan fingerprint density at radius 1 is 1.32 bits per heavy atom. The molecule has 6 heteroatoms. The average molecular weight is 423 g/mol. The minimum absolute atomic E-state index is 0. The zero-order valence-corrected chi connectivity index (χ0v) is 16.3. The number of aryl methyl sites for hydroxylation is 1. The van der Waals surface area contributed by atoms with Crippen LogP contribution in [0.3, 0.4) is 0 Å². The van der Waals surface area contributed by atoms with Gasteiger partial charge in [0, 0.05) is 20.2 Å². The van der Waals surface area contributed by atoms with Crippen molar-refractivity contribution in [3.63, 3.8) is 0 Å². The van der Waals surface area contributed by atoms with Gasteiger partial charge >= 0.3 is 0 Å². The number of aliphatic imine (C=N–C) groups is 1. The zero-order chi connectivity index (χ0) is 15.9.